The van der Waals surface area contributed by atoms with Gasteiger partial charge in [-0.1, -0.05) is 41.6 Å². The lowest BCUT2D eigenvalue weighted by atomic mass is 10.2. The Labute approximate surface area is 164 Å². The monoisotopic (exact) mass is 406 g/mol. The molecule has 3 rings (SSSR count). The van der Waals surface area contributed by atoms with Gasteiger partial charge >= 0.3 is 0 Å². The first-order valence-corrected chi connectivity index (χ1v) is 9.35. The number of para-hydroxylation sites is 1. The Bertz CT molecular complexity index is 951. The van der Waals surface area contributed by atoms with Gasteiger partial charge in [-0.15, -0.1) is 5.10 Å². The van der Waals surface area contributed by atoms with Crippen molar-refractivity contribution in [1.29, 1.82) is 0 Å². The second kappa shape index (κ2) is 8.88. The number of benzene rings is 2. The van der Waals surface area contributed by atoms with Crippen molar-refractivity contribution >= 4 is 35.0 Å². The number of carbonyl (C=O) groups excluding carboxylic acids is 1. The van der Waals surface area contributed by atoms with Crippen LogP contribution in [0.5, 0.6) is 5.75 Å². The van der Waals surface area contributed by atoms with Gasteiger partial charge in [-0.25, -0.2) is 9.37 Å². The van der Waals surface area contributed by atoms with Crippen molar-refractivity contribution in [3.8, 4) is 5.75 Å². The molecule has 0 aliphatic heterocycles. The first kappa shape index (κ1) is 19.2. The molecule has 0 radical (unpaired) electrons. The molecule has 0 aliphatic rings. The highest BCUT2D eigenvalue weighted by Crippen LogP contribution is 2.23. The SMILES string of the molecule is Cc1ccccc1OCc1nc(SCC(=O)Nc2ccc(F)cc2Cl)n[nH]1. The Hall–Kier alpha value is -2.58. The highest BCUT2D eigenvalue weighted by Gasteiger charge is 2.11. The van der Waals surface area contributed by atoms with Gasteiger partial charge in [-0.05, 0) is 36.8 Å². The van der Waals surface area contributed by atoms with Crippen molar-refractivity contribution in [1.82, 2.24) is 15.2 Å². The third-order valence-electron chi connectivity index (χ3n) is 3.51. The van der Waals surface area contributed by atoms with E-state index in [1.807, 2.05) is 31.2 Å². The van der Waals surface area contributed by atoms with Gasteiger partial charge in [0.05, 0.1) is 16.5 Å². The second-order valence-corrected chi connectivity index (χ2v) is 6.93. The zero-order valence-corrected chi connectivity index (χ0v) is 15.9. The van der Waals surface area contributed by atoms with Crippen molar-refractivity contribution in [2.75, 3.05) is 11.1 Å². The van der Waals surface area contributed by atoms with Gasteiger partial charge in [0.25, 0.3) is 0 Å². The van der Waals surface area contributed by atoms with Crippen molar-refractivity contribution < 1.29 is 13.9 Å². The smallest absolute Gasteiger partial charge is 0.234 e. The van der Waals surface area contributed by atoms with Crippen LogP contribution in [-0.4, -0.2) is 26.8 Å². The van der Waals surface area contributed by atoms with Crippen LogP contribution in [0.3, 0.4) is 0 Å². The van der Waals surface area contributed by atoms with Crippen LogP contribution in [-0.2, 0) is 11.4 Å². The second-order valence-electron chi connectivity index (χ2n) is 5.58. The Balaban J connectivity index is 1.49. The summed E-state index contributed by atoms with van der Waals surface area (Å²) in [5.41, 5.74) is 1.38. The standard InChI is InChI=1S/C18H16ClFN4O2S/c1-11-4-2-3-5-15(11)26-9-16-22-18(24-23-16)27-10-17(25)21-14-7-6-12(20)8-13(14)19/h2-8H,9-10H2,1H3,(H,21,25)(H,22,23,24). The fraction of sp³-hybridized carbons (Fsp3) is 0.167. The van der Waals surface area contributed by atoms with Crippen LogP contribution in [0.4, 0.5) is 10.1 Å². The summed E-state index contributed by atoms with van der Waals surface area (Å²) in [5.74, 6) is 0.662. The average Bonchev–Trinajstić information content (AvgIpc) is 3.10. The average molecular weight is 407 g/mol. The maximum Gasteiger partial charge on any atom is 0.234 e. The molecule has 27 heavy (non-hydrogen) atoms. The van der Waals surface area contributed by atoms with Crippen LogP contribution in [0, 0.1) is 12.7 Å². The van der Waals surface area contributed by atoms with Crippen LogP contribution in [0.25, 0.3) is 0 Å². The van der Waals surface area contributed by atoms with E-state index in [-0.39, 0.29) is 23.3 Å². The van der Waals surface area contributed by atoms with Gasteiger partial charge in [0.1, 0.15) is 18.2 Å². The highest BCUT2D eigenvalue weighted by molar-refractivity contribution is 7.99. The number of ether oxygens (including phenoxy) is 1. The number of aromatic amines is 1. The summed E-state index contributed by atoms with van der Waals surface area (Å²) in [6.45, 7) is 2.21. The minimum atomic E-state index is -0.464. The van der Waals surface area contributed by atoms with Crippen molar-refractivity contribution in [3.63, 3.8) is 0 Å². The fourth-order valence-corrected chi connectivity index (χ4v) is 3.01. The molecular formula is C18H16ClFN4O2S. The van der Waals surface area contributed by atoms with Crippen LogP contribution >= 0.6 is 23.4 Å². The number of aromatic nitrogens is 3. The number of hydrogen-bond donors (Lipinski definition) is 2. The summed E-state index contributed by atoms with van der Waals surface area (Å²) in [7, 11) is 0. The molecule has 9 heteroatoms. The molecule has 0 unspecified atom stereocenters. The number of halogens is 2. The van der Waals surface area contributed by atoms with E-state index < -0.39 is 5.82 Å². The number of aryl methyl sites for hydroxylation is 1. The number of nitrogens with zero attached hydrogens (tertiary/aromatic N) is 2. The third-order valence-corrected chi connectivity index (χ3v) is 4.67. The summed E-state index contributed by atoms with van der Waals surface area (Å²) in [4.78, 5) is 16.3. The van der Waals surface area contributed by atoms with Gasteiger partial charge in [0.15, 0.2) is 5.82 Å². The Morgan fingerprint density at radius 3 is 2.93 bits per heavy atom. The molecule has 0 spiro atoms. The fourth-order valence-electron chi connectivity index (χ4n) is 2.18. The van der Waals surface area contributed by atoms with Crippen LogP contribution < -0.4 is 10.1 Å². The van der Waals surface area contributed by atoms with Crippen LogP contribution in [0.1, 0.15) is 11.4 Å². The number of rotatable bonds is 7. The summed E-state index contributed by atoms with van der Waals surface area (Å²) in [6.07, 6.45) is 0. The molecular weight excluding hydrogens is 391 g/mol. The lowest BCUT2D eigenvalue weighted by molar-refractivity contribution is -0.113. The lowest BCUT2D eigenvalue weighted by Gasteiger charge is -2.06. The first-order chi connectivity index (χ1) is 13.0. The first-order valence-electron chi connectivity index (χ1n) is 7.98. The minimum absolute atomic E-state index is 0.0870. The van der Waals surface area contributed by atoms with Gasteiger partial charge in [0, 0.05) is 0 Å². The van der Waals surface area contributed by atoms with Crippen molar-refractivity contribution in [3.05, 3.63) is 64.7 Å². The predicted molar refractivity (Wildman–Crippen MR) is 103 cm³/mol. The summed E-state index contributed by atoms with van der Waals surface area (Å²) in [6, 6.07) is 11.5. The molecule has 3 aromatic rings. The van der Waals surface area contributed by atoms with Crippen LogP contribution in [0.15, 0.2) is 47.6 Å². The van der Waals surface area contributed by atoms with E-state index in [0.29, 0.717) is 16.7 Å². The zero-order chi connectivity index (χ0) is 19.2. The minimum Gasteiger partial charge on any atom is -0.485 e. The largest absolute Gasteiger partial charge is 0.485 e. The molecule has 1 aromatic heterocycles. The van der Waals surface area contributed by atoms with E-state index in [9.17, 15) is 9.18 Å². The summed E-state index contributed by atoms with van der Waals surface area (Å²) >= 11 is 7.05. The lowest BCUT2D eigenvalue weighted by Crippen LogP contribution is -2.14. The molecule has 0 fully saturated rings. The molecule has 0 saturated carbocycles. The normalized spacial score (nSPS) is 10.6. The van der Waals surface area contributed by atoms with E-state index in [1.54, 1.807) is 0 Å². The number of amides is 1. The Morgan fingerprint density at radius 2 is 2.15 bits per heavy atom. The van der Waals surface area contributed by atoms with Crippen molar-refractivity contribution in [2.45, 2.75) is 18.7 Å². The van der Waals surface area contributed by atoms with Gasteiger partial charge in [0.2, 0.25) is 11.1 Å². The van der Waals surface area contributed by atoms with Gasteiger partial charge < -0.3 is 10.1 Å². The van der Waals surface area contributed by atoms with Gasteiger partial charge in [-0.3, -0.25) is 9.89 Å². The molecule has 1 heterocycles. The quantitative estimate of drug-likeness (QED) is 0.574. The molecule has 1 amide bonds. The molecule has 2 aromatic carbocycles. The van der Waals surface area contributed by atoms with E-state index in [0.717, 1.165) is 29.1 Å². The van der Waals surface area contributed by atoms with Crippen LogP contribution in [0.2, 0.25) is 5.02 Å². The number of anilines is 1. The molecule has 140 valence electrons. The predicted octanol–water partition coefficient (Wildman–Crippen LogP) is 4.22. The number of H-pyrrole nitrogens is 1. The van der Waals surface area contributed by atoms with E-state index in [4.69, 9.17) is 16.3 Å². The van der Waals surface area contributed by atoms with E-state index in [2.05, 4.69) is 20.5 Å². The Kier molecular flexibility index (Phi) is 6.31. The van der Waals surface area contributed by atoms with E-state index in [1.165, 1.54) is 12.1 Å². The number of nitrogens with one attached hydrogen (secondary N) is 2. The maximum atomic E-state index is 13.0. The summed E-state index contributed by atoms with van der Waals surface area (Å²) < 4.78 is 18.7. The summed E-state index contributed by atoms with van der Waals surface area (Å²) in [5, 5.41) is 10.0. The molecule has 0 atom stereocenters. The highest BCUT2D eigenvalue weighted by atomic mass is 35.5. The molecule has 0 aliphatic carbocycles. The molecule has 2 N–H and O–H groups in total. The topological polar surface area (TPSA) is 79.9 Å². The number of hydrogen-bond acceptors (Lipinski definition) is 5. The number of thioether (sulfide) groups is 1. The zero-order valence-electron chi connectivity index (χ0n) is 14.3. The van der Waals surface area contributed by atoms with Gasteiger partial charge in [-0.2, -0.15) is 0 Å². The van der Waals surface area contributed by atoms with Crippen molar-refractivity contribution in [2.24, 2.45) is 0 Å². The molecule has 6 nitrogen and oxygen atoms in total. The Morgan fingerprint density at radius 1 is 1.33 bits per heavy atom. The molecule has 0 saturated heterocycles. The van der Waals surface area contributed by atoms with E-state index >= 15 is 0 Å². The number of carbonyl (C=O) groups is 1. The third kappa shape index (κ3) is 5.45. The maximum absolute atomic E-state index is 13.0. The molecule has 0 bridgehead atoms.